The number of aldehydes is 1. The lowest BCUT2D eigenvalue weighted by Crippen LogP contribution is -2.38. The highest BCUT2D eigenvalue weighted by atomic mass is 32.1. The van der Waals surface area contributed by atoms with Gasteiger partial charge in [-0.25, -0.2) is 0 Å². The van der Waals surface area contributed by atoms with Crippen molar-refractivity contribution in [1.29, 1.82) is 0 Å². The first-order chi connectivity index (χ1) is 6.27. The van der Waals surface area contributed by atoms with Crippen LogP contribution in [0.4, 0.5) is 0 Å². The van der Waals surface area contributed by atoms with E-state index in [2.05, 4.69) is 17.5 Å². The van der Waals surface area contributed by atoms with Crippen LogP contribution >= 0.6 is 12.8 Å². The Hall–Kier alpha value is -0.550. The molecule has 0 aromatic rings. The van der Waals surface area contributed by atoms with E-state index < -0.39 is 0 Å². The van der Waals surface area contributed by atoms with E-state index in [1.54, 1.807) is 0 Å². The van der Waals surface area contributed by atoms with Gasteiger partial charge in [0.2, 0.25) is 5.91 Å². The average Bonchev–Trinajstić information content (AvgIpc) is 2.74. The van der Waals surface area contributed by atoms with E-state index in [9.17, 15) is 9.59 Å². The van der Waals surface area contributed by atoms with Crippen LogP contribution in [0.5, 0.6) is 0 Å². The van der Waals surface area contributed by atoms with Crippen molar-refractivity contribution in [3.05, 3.63) is 0 Å². The lowest BCUT2D eigenvalue weighted by Gasteiger charge is -2.21. The highest BCUT2D eigenvalue weighted by Gasteiger charge is 2.51. The van der Waals surface area contributed by atoms with Crippen LogP contribution in [0.3, 0.4) is 0 Å². The van der Waals surface area contributed by atoms with Gasteiger partial charge in [-0.05, 0) is 12.8 Å². The predicted molar refractivity (Wildman–Crippen MR) is 48.1 cm³/mol. The number of thiol groups is 1. The van der Waals surface area contributed by atoms with E-state index in [0.717, 1.165) is 19.1 Å². The molecule has 2 fully saturated rings. The van der Waals surface area contributed by atoms with E-state index in [0.29, 0.717) is 0 Å². The molecule has 13 heavy (non-hydrogen) atoms. The van der Waals surface area contributed by atoms with Crippen LogP contribution in [0.1, 0.15) is 12.8 Å². The van der Waals surface area contributed by atoms with Gasteiger partial charge in [0.05, 0.1) is 24.0 Å². The maximum atomic E-state index is 11.3. The molecular formula is C8H11NO3S. The van der Waals surface area contributed by atoms with Crippen molar-refractivity contribution in [3.8, 4) is 0 Å². The fourth-order valence-corrected chi connectivity index (χ4v) is 2.46. The third-order valence-corrected chi connectivity index (χ3v) is 3.12. The van der Waals surface area contributed by atoms with Crippen molar-refractivity contribution in [2.45, 2.75) is 25.0 Å². The summed E-state index contributed by atoms with van der Waals surface area (Å²) < 4.78 is 7.76. The van der Waals surface area contributed by atoms with Crippen molar-refractivity contribution in [1.82, 2.24) is 4.72 Å². The number of hydrogen-bond donors (Lipinski definition) is 2. The molecule has 4 atom stereocenters. The number of carbonyl (C=O) groups excluding carboxylic acids is 2. The van der Waals surface area contributed by atoms with E-state index in [4.69, 9.17) is 4.74 Å². The van der Waals surface area contributed by atoms with Gasteiger partial charge in [-0.15, -0.1) is 0 Å². The summed E-state index contributed by atoms with van der Waals surface area (Å²) in [5.41, 5.74) is 0. The number of amides is 1. The summed E-state index contributed by atoms with van der Waals surface area (Å²) >= 11 is 3.69. The van der Waals surface area contributed by atoms with Crippen LogP contribution in [0.15, 0.2) is 0 Å². The molecule has 4 unspecified atom stereocenters. The third-order valence-electron chi connectivity index (χ3n) is 2.90. The summed E-state index contributed by atoms with van der Waals surface area (Å²) in [5.74, 6) is -0.799. The zero-order valence-corrected chi connectivity index (χ0v) is 7.87. The summed E-state index contributed by atoms with van der Waals surface area (Å²) in [5, 5.41) is 0. The molecule has 0 saturated carbocycles. The fraction of sp³-hybridized carbons (Fsp3) is 0.750. The molecule has 0 aliphatic carbocycles. The molecule has 0 spiro atoms. The SMILES string of the molecule is O=CC1C2CCC(O2)C1C(=O)NS. The van der Waals surface area contributed by atoms with Crippen molar-refractivity contribution in [3.63, 3.8) is 0 Å². The topological polar surface area (TPSA) is 55.4 Å². The number of ether oxygens (including phenoxy) is 1. The van der Waals surface area contributed by atoms with E-state index in [1.807, 2.05) is 0 Å². The Morgan fingerprint density at radius 1 is 1.46 bits per heavy atom. The standard InChI is InChI=1S/C8H11NO3S/c10-3-4-5-1-2-6(12-5)7(4)8(11)9-13/h3-7,13H,1-2H2,(H,9,11). The molecule has 2 heterocycles. The molecule has 0 aromatic heterocycles. The first kappa shape index (κ1) is 9.02. The number of fused-ring (bicyclic) bond motifs is 2. The van der Waals surface area contributed by atoms with Gasteiger partial charge in [-0.2, -0.15) is 0 Å². The highest BCUT2D eigenvalue weighted by molar-refractivity contribution is 7.78. The van der Waals surface area contributed by atoms with Crippen molar-refractivity contribution < 1.29 is 14.3 Å². The molecule has 1 N–H and O–H groups in total. The fourth-order valence-electron chi connectivity index (χ4n) is 2.31. The minimum absolute atomic E-state index is 0.0434. The predicted octanol–water partition coefficient (Wildman–Crippen LogP) is -0.0601. The van der Waals surface area contributed by atoms with Gasteiger partial charge in [-0.3, -0.25) is 4.79 Å². The number of nitrogens with one attached hydrogen (secondary N) is 1. The van der Waals surface area contributed by atoms with Crippen molar-refractivity contribution in [2.24, 2.45) is 11.8 Å². The molecule has 2 bridgehead atoms. The van der Waals surface area contributed by atoms with E-state index >= 15 is 0 Å². The molecule has 4 nitrogen and oxygen atoms in total. The summed E-state index contributed by atoms with van der Waals surface area (Å²) in [7, 11) is 0. The molecular weight excluding hydrogens is 190 g/mol. The second-order valence-electron chi connectivity index (χ2n) is 3.51. The maximum absolute atomic E-state index is 11.3. The minimum atomic E-state index is -0.325. The van der Waals surface area contributed by atoms with Crippen LogP contribution in [0, 0.1) is 11.8 Å². The largest absolute Gasteiger partial charge is 0.373 e. The second kappa shape index (κ2) is 3.31. The van der Waals surface area contributed by atoms with E-state index in [-0.39, 0.29) is 30.0 Å². The van der Waals surface area contributed by atoms with E-state index in [1.165, 1.54) is 0 Å². The summed E-state index contributed by atoms with van der Waals surface area (Å²) in [6.07, 6.45) is 2.48. The Kier molecular flexibility index (Phi) is 2.29. The Bertz CT molecular complexity index is 246. The van der Waals surface area contributed by atoms with Gasteiger partial charge in [0.25, 0.3) is 0 Å². The first-order valence-corrected chi connectivity index (χ1v) is 4.77. The van der Waals surface area contributed by atoms with Crippen molar-refractivity contribution >= 4 is 25.0 Å². The van der Waals surface area contributed by atoms with Gasteiger partial charge in [0, 0.05) is 0 Å². The Labute approximate surface area is 81.6 Å². The van der Waals surface area contributed by atoms with Gasteiger partial charge >= 0.3 is 0 Å². The zero-order valence-electron chi connectivity index (χ0n) is 6.97. The average molecular weight is 201 g/mol. The molecule has 0 aromatic carbocycles. The first-order valence-electron chi connectivity index (χ1n) is 4.32. The van der Waals surface area contributed by atoms with Gasteiger partial charge in [0.1, 0.15) is 6.29 Å². The Balaban J connectivity index is 2.17. The molecule has 72 valence electrons. The summed E-state index contributed by atoms with van der Waals surface area (Å²) in [6, 6.07) is 0. The zero-order chi connectivity index (χ0) is 9.42. The molecule has 2 rings (SSSR count). The molecule has 2 aliphatic rings. The smallest absolute Gasteiger partial charge is 0.236 e. The molecule has 5 heteroatoms. The monoisotopic (exact) mass is 201 g/mol. The molecule has 2 aliphatic heterocycles. The summed E-state index contributed by atoms with van der Waals surface area (Å²) in [4.78, 5) is 22.1. The van der Waals surface area contributed by atoms with Crippen LogP contribution in [-0.2, 0) is 14.3 Å². The quantitative estimate of drug-likeness (QED) is 0.486. The number of hydrogen-bond acceptors (Lipinski definition) is 4. The van der Waals surface area contributed by atoms with Crippen LogP contribution in [-0.4, -0.2) is 24.4 Å². The van der Waals surface area contributed by atoms with Crippen molar-refractivity contribution in [2.75, 3.05) is 0 Å². The molecule has 0 radical (unpaired) electrons. The molecule has 1 amide bonds. The summed E-state index contributed by atoms with van der Waals surface area (Å²) in [6.45, 7) is 0. The lowest BCUT2D eigenvalue weighted by atomic mass is 9.80. The van der Waals surface area contributed by atoms with Gasteiger partial charge in [-0.1, -0.05) is 12.8 Å². The number of rotatable bonds is 2. The lowest BCUT2D eigenvalue weighted by molar-refractivity contribution is -0.128. The minimum Gasteiger partial charge on any atom is -0.373 e. The third kappa shape index (κ3) is 1.26. The van der Waals surface area contributed by atoms with Crippen LogP contribution < -0.4 is 4.72 Å². The normalized spacial score (nSPS) is 41.9. The molecule has 2 saturated heterocycles. The second-order valence-corrected chi connectivity index (χ2v) is 3.73. The number of carbonyl (C=O) groups is 2. The maximum Gasteiger partial charge on any atom is 0.236 e. The Morgan fingerprint density at radius 2 is 2.15 bits per heavy atom. The van der Waals surface area contributed by atoms with Crippen LogP contribution in [0.25, 0.3) is 0 Å². The Morgan fingerprint density at radius 3 is 2.77 bits per heavy atom. The van der Waals surface area contributed by atoms with Gasteiger partial charge < -0.3 is 14.3 Å². The highest BCUT2D eigenvalue weighted by Crippen LogP contribution is 2.42. The van der Waals surface area contributed by atoms with Crippen LogP contribution in [0.2, 0.25) is 0 Å². The van der Waals surface area contributed by atoms with Gasteiger partial charge in [0.15, 0.2) is 0 Å².